The molecule has 0 spiro atoms. The zero-order chi connectivity index (χ0) is 13.3. The second kappa shape index (κ2) is 5.29. The van der Waals surface area contributed by atoms with Crippen molar-refractivity contribution in [2.75, 3.05) is 0 Å². The molecule has 2 rings (SSSR count). The molecule has 0 saturated heterocycles. The molecule has 1 aromatic heterocycles. The number of hydrogen-bond acceptors (Lipinski definition) is 1. The van der Waals surface area contributed by atoms with Crippen LogP contribution in [0, 0.1) is 11.7 Å². The minimum Gasteiger partial charge on any atom is -0.217 e. The van der Waals surface area contributed by atoms with Crippen LogP contribution in [0.5, 0.6) is 0 Å². The van der Waals surface area contributed by atoms with Gasteiger partial charge in [0, 0.05) is 0 Å². The maximum absolute atomic E-state index is 13.8. The summed E-state index contributed by atoms with van der Waals surface area (Å²) in [6.07, 6.45) is 0.790. The molecular formula is C13H13Cl2FN2. The summed E-state index contributed by atoms with van der Waals surface area (Å²) in [5.74, 6) is 0.0177. The van der Waals surface area contributed by atoms with Crippen molar-refractivity contribution in [3.63, 3.8) is 0 Å². The summed E-state index contributed by atoms with van der Waals surface area (Å²) >= 11 is 12.1. The molecule has 0 unspecified atom stereocenters. The van der Waals surface area contributed by atoms with E-state index in [1.807, 2.05) is 0 Å². The Morgan fingerprint density at radius 1 is 1.33 bits per heavy atom. The Morgan fingerprint density at radius 2 is 2.06 bits per heavy atom. The summed E-state index contributed by atoms with van der Waals surface area (Å²) in [4.78, 5) is 0. The molecule has 5 heteroatoms. The van der Waals surface area contributed by atoms with Gasteiger partial charge >= 0.3 is 0 Å². The van der Waals surface area contributed by atoms with Crippen molar-refractivity contribution in [2.24, 2.45) is 5.92 Å². The Balaban J connectivity index is 2.48. The zero-order valence-electron chi connectivity index (χ0n) is 10.1. The van der Waals surface area contributed by atoms with Crippen LogP contribution in [-0.2, 0) is 6.42 Å². The predicted octanol–water partition coefficient (Wildman–Crippen LogP) is 4.52. The first-order chi connectivity index (χ1) is 8.49. The Kier molecular flexibility index (Phi) is 3.93. The number of benzene rings is 1. The zero-order valence-corrected chi connectivity index (χ0v) is 11.6. The quantitative estimate of drug-likeness (QED) is 0.811. The molecule has 0 bridgehead atoms. The van der Waals surface area contributed by atoms with E-state index in [1.54, 1.807) is 18.2 Å². The molecular weight excluding hydrogens is 274 g/mol. The van der Waals surface area contributed by atoms with Gasteiger partial charge in [-0.15, -0.1) is 0 Å². The fraction of sp³-hybridized carbons (Fsp3) is 0.308. The van der Waals surface area contributed by atoms with Gasteiger partial charge in [-0.2, -0.15) is 5.10 Å². The molecule has 18 heavy (non-hydrogen) atoms. The molecule has 2 aromatic rings. The fourth-order valence-corrected chi connectivity index (χ4v) is 2.26. The van der Waals surface area contributed by atoms with Gasteiger partial charge in [0.1, 0.15) is 16.7 Å². The third kappa shape index (κ3) is 2.68. The second-order valence-corrected chi connectivity index (χ2v) is 5.33. The highest BCUT2D eigenvalue weighted by Gasteiger charge is 2.15. The lowest BCUT2D eigenvalue weighted by atomic mass is 10.1. The fourth-order valence-electron chi connectivity index (χ4n) is 1.77. The number of rotatable bonds is 3. The van der Waals surface area contributed by atoms with E-state index in [0.717, 1.165) is 12.1 Å². The van der Waals surface area contributed by atoms with Crippen molar-refractivity contribution in [2.45, 2.75) is 20.3 Å². The van der Waals surface area contributed by atoms with E-state index in [-0.39, 0.29) is 10.7 Å². The second-order valence-electron chi connectivity index (χ2n) is 4.54. The summed E-state index contributed by atoms with van der Waals surface area (Å²) < 4.78 is 15.1. The number of aromatic nitrogens is 2. The summed E-state index contributed by atoms with van der Waals surface area (Å²) in [5.41, 5.74) is 1.02. The van der Waals surface area contributed by atoms with Gasteiger partial charge in [-0.3, -0.25) is 0 Å². The van der Waals surface area contributed by atoms with Crippen LogP contribution >= 0.6 is 23.2 Å². The highest BCUT2D eigenvalue weighted by Crippen LogP contribution is 2.27. The minimum absolute atomic E-state index is 0.194. The first-order valence-corrected chi connectivity index (χ1v) is 6.43. The molecule has 0 saturated carbocycles. The smallest absolute Gasteiger partial charge is 0.150 e. The van der Waals surface area contributed by atoms with Crippen molar-refractivity contribution in [1.82, 2.24) is 9.78 Å². The molecule has 0 fully saturated rings. The SMILES string of the molecule is CC(C)Cc1cc(Cl)n(-c2c(F)cccc2Cl)n1. The van der Waals surface area contributed by atoms with E-state index < -0.39 is 5.82 Å². The van der Waals surface area contributed by atoms with Gasteiger partial charge in [0.2, 0.25) is 0 Å². The van der Waals surface area contributed by atoms with Gasteiger partial charge in [-0.25, -0.2) is 9.07 Å². The highest BCUT2D eigenvalue weighted by atomic mass is 35.5. The van der Waals surface area contributed by atoms with Gasteiger partial charge in [0.15, 0.2) is 0 Å². The number of para-hydroxylation sites is 1. The van der Waals surface area contributed by atoms with Crippen molar-refractivity contribution in [3.05, 3.63) is 46.0 Å². The first-order valence-electron chi connectivity index (χ1n) is 5.68. The largest absolute Gasteiger partial charge is 0.217 e. The molecule has 0 atom stereocenters. The van der Waals surface area contributed by atoms with Crippen LogP contribution in [0.25, 0.3) is 5.69 Å². The lowest BCUT2D eigenvalue weighted by Gasteiger charge is -2.06. The van der Waals surface area contributed by atoms with Gasteiger partial charge in [0.05, 0.1) is 10.7 Å². The van der Waals surface area contributed by atoms with Crippen LogP contribution in [0.4, 0.5) is 4.39 Å². The third-order valence-corrected chi connectivity index (χ3v) is 3.06. The molecule has 1 aromatic carbocycles. The monoisotopic (exact) mass is 286 g/mol. The summed E-state index contributed by atoms with van der Waals surface area (Å²) in [6, 6.07) is 6.24. The summed E-state index contributed by atoms with van der Waals surface area (Å²) in [6.45, 7) is 4.17. The van der Waals surface area contributed by atoms with Crippen molar-refractivity contribution < 1.29 is 4.39 Å². The molecule has 0 aliphatic heterocycles. The molecule has 0 aliphatic carbocycles. The van der Waals surface area contributed by atoms with E-state index in [0.29, 0.717) is 11.1 Å². The molecule has 96 valence electrons. The van der Waals surface area contributed by atoms with Crippen LogP contribution in [0.2, 0.25) is 10.2 Å². The van der Waals surface area contributed by atoms with Crippen LogP contribution in [0.1, 0.15) is 19.5 Å². The molecule has 0 aliphatic rings. The number of halogens is 3. The van der Waals surface area contributed by atoms with E-state index in [1.165, 1.54) is 10.7 Å². The molecule has 0 amide bonds. The Labute approximate surface area is 115 Å². The maximum atomic E-state index is 13.8. The Bertz CT molecular complexity index is 544. The van der Waals surface area contributed by atoms with Crippen LogP contribution < -0.4 is 0 Å². The average molecular weight is 287 g/mol. The lowest BCUT2D eigenvalue weighted by Crippen LogP contribution is -2.02. The predicted molar refractivity (Wildman–Crippen MR) is 72.1 cm³/mol. The van der Waals surface area contributed by atoms with E-state index >= 15 is 0 Å². The van der Waals surface area contributed by atoms with Crippen molar-refractivity contribution >= 4 is 23.2 Å². The topological polar surface area (TPSA) is 17.8 Å². The number of hydrogen-bond donors (Lipinski definition) is 0. The van der Waals surface area contributed by atoms with E-state index in [4.69, 9.17) is 23.2 Å². The average Bonchev–Trinajstić information content (AvgIpc) is 2.58. The van der Waals surface area contributed by atoms with Gasteiger partial charge in [-0.1, -0.05) is 43.1 Å². The maximum Gasteiger partial charge on any atom is 0.150 e. The van der Waals surface area contributed by atoms with Gasteiger partial charge < -0.3 is 0 Å². The highest BCUT2D eigenvalue weighted by molar-refractivity contribution is 6.33. The molecule has 2 nitrogen and oxygen atoms in total. The summed E-state index contributed by atoms with van der Waals surface area (Å²) in [7, 11) is 0. The van der Waals surface area contributed by atoms with E-state index in [9.17, 15) is 4.39 Å². The minimum atomic E-state index is -0.441. The van der Waals surface area contributed by atoms with Crippen LogP contribution in [0.3, 0.4) is 0 Å². The normalized spacial score (nSPS) is 11.2. The molecule has 0 radical (unpaired) electrons. The van der Waals surface area contributed by atoms with E-state index in [2.05, 4.69) is 18.9 Å². The van der Waals surface area contributed by atoms with Crippen molar-refractivity contribution in [3.8, 4) is 5.69 Å². The summed E-state index contributed by atoms with van der Waals surface area (Å²) in [5, 5.41) is 4.95. The molecule has 1 heterocycles. The number of nitrogens with zero attached hydrogens (tertiary/aromatic N) is 2. The third-order valence-electron chi connectivity index (χ3n) is 2.48. The Morgan fingerprint density at radius 3 is 2.67 bits per heavy atom. The van der Waals surface area contributed by atoms with Crippen LogP contribution in [0.15, 0.2) is 24.3 Å². The van der Waals surface area contributed by atoms with Gasteiger partial charge in [-0.05, 0) is 30.5 Å². The lowest BCUT2D eigenvalue weighted by molar-refractivity contribution is 0.602. The van der Waals surface area contributed by atoms with Crippen molar-refractivity contribution in [1.29, 1.82) is 0 Å². The molecule has 0 N–H and O–H groups in total. The van der Waals surface area contributed by atoms with Gasteiger partial charge in [0.25, 0.3) is 0 Å². The van der Waals surface area contributed by atoms with Crippen LogP contribution in [-0.4, -0.2) is 9.78 Å². The standard InChI is InChI=1S/C13H13Cl2FN2/c1-8(2)6-9-7-12(15)18(17-9)13-10(14)4-3-5-11(13)16/h3-5,7-8H,6H2,1-2H3. The Hall–Kier alpha value is -1.06. The first kappa shape index (κ1) is 13.4.